The van der Waals surface area contributed by atoms with Gasteiger partial charge in [0.05, 0.1) is 13.2 Å². The summed E-state index contributed by atoms with van der Waals surface area (Å²) in [5.41, 5.74) is 1.06. The third-order valence-electron chi connectivity index (χ3n) is 3.69. The molecule has 1 amide bonds. The lowest BCUT2D eigenvalue weighted by atomic mass is 10.1. The lowest BCUT2D eigenvalue weighted by Crippen LogP contribution is -2.38. The van der Waals surface area contributed by atoms with E-state index in [4.69, 9.17) is 4.74 Å². The zero-order valence-corrected chi connectivity index (χ0v) is 12.3. The summed E-state index contributed by atoms with van der Waals surface area (Å²) in [5, 5.41) is 2.99. The Kier molecular flexibility index (Phi) is 5.35. The second-order valence-electron chi connectivity index (χ2n) is 5.11. The molecule has 5 heteroatoms. The molecule has 1 unspecified atom stereocenters. The molecule has 0 saturated carbocycles. The number of nitrogens with zero attached hydrogens (tertiary/aromatic N) is 2. The number of ether oxygens (including phenoxy) is 1. The van der Waals surface area contributed by atoms with Gasteiger partial charge in [0.1, 0.15) is 5.82 Å². The number of morpholine rings is 1. The van der Waals surface area contributed by atoms with Crippen LogP contribution in [-0.4, -0.2) is 37.2 Å². The van der Waals surface area contributed by atoms with E-state index in [9.17, 15) is 4.79 Å². The molecule has 5 nitrogen and oxygen atoms in total. The van der Waals surface area contributed by atoms with Gasteiger partial charge in [-0.05, 0) is 12.5 Å². The van der Waals surface area contributed by atoms with E-state index in [1.807, 2.05) is 26.0 Å². The fraction of sp³-hybridized carbons (Fsp3) is 0.600. The Morgan fingerprint density at radius 1 is 1.50 bits per heavy atom. The predicted octanol–water partition coefficient (Wildman–Crippen LogP) is 1.58. The van der Waals surface area contributed by atoms with Crippen LogP contribution in [0.4, 0.5) is 5.82 Å². The molecule has 0 aromatic carbocycles. The number of anilines is 1. The van der Waals surface area contributed by atoms with Crippen molar-refractivity contribution < 1.29 is 9.53 Å². The Morgan fingerprint density at radius 3 is 2.95 bits per heavy atom. The zero-order chi connectivity index (χ0) is 14.4. The Balaban J connectivity index is 2.02. The highest BCUT2D eigenvalue weighted by molar-refractivity contribution is 5.78. The molecule has 1 aliphatic rings. The lowest BCUT2D eigenvalue weighted by molar-refractivity contribution is -0.124. The normalized spacial score (nSPS) is 16.8. The Labute approximate surface area is 120 Å². The van der Waals surface area contributed by atoms with E-state index < -0.39 is 0 Å². The maximum Gasteiger partial charge on any atom is 0.223 e. The van der Waals surface area contributed by atoms with Crippen LogP contribution in [0.15, 0.2) is 18.3 Å². The topological polar surface area (TPSA) is 54.5 Å². The lowest BCUT2D eigenvalue weighted by Gasteiger charge is -2.29. The minimum atomic E-state index is 0.0542. The van der Waals surface area contributed by atoms with Crippen molar-refractivity contribution in [2.75, 3.05) is 31.2 Å². The molecule has 110 valence electrons. The summed E-state index contributed by atoms with van der Waals surface area (Å²) in [6.07, 6.45) is 2.65. The molecule has 0 spiro atoms. The average molecular weight is 277 g/mol. The highest BCUT2D eigenvalue weighted by atomic mass is 16.5. The fourth-order valence-corrected chi connectivity index (χ4v) is 2.17. The molecule has 1 aliphatic heterocycles. The van der Waals surface area contributed by atoms with Crippen molar-refractivity contribution in [3.63, 3.8) is 0 Å². The first kappa shape index (κ1) is 14.8. The molecule has 2 heterocycles. The monoisotopic (exact) mass is 277 g/mol. The van der Waals surface area contributed by atoms with Crippen LogP contribution in [0.3, 0.4) is 0 Å². The van der Waals surface area contributed by atoms with Gasteiger partial charge in [-0.3, -0.25) is 4.79 Å². The number of amides is 1. The molecule has 1 aromatic rings. The van der Waals surface area contributed by atoms with Gasteiger partial charge in [0.2, 0.25) is 5.91 Å². The largest absolute Gasteiger partial charge is 0.378 e. The fourth-order valence-electron chi connectivity index (χ4n) is 2.17. The van der Waals surface area contributed by atoms with Crippen molar-refractivity contribution in [1.82, 2.24) is 10.3 Å². The number of carbonyl (C=O) groups excluding carboxylic acids is 1. The maximum absolute atomic E-state index is 11.9. The van der Waals surface area contributed by atoms with Crippen LogP contribution in [0.25, 0.3) is 0 Å². The molecular weight excluding hydrogens is 254 g/mol. The summed E-state index contributed by atoms with van der Waals surface area (Å²) < 4.78 is 5.37. The van der Waals surface area contributed by atoms with E-state index in [1.54, 1.807) is 6.20 Å². The number of aromatic nitrogens is 1. The summed E-state index contributed by atoms with van der Waals surface area (Å²) in [5.74, 6) is 1.11. The third kappa shape index (κ3) is 3.70. The van der Waals surface area contributed by atoms with Gasteiger partial charge < -0.3 is 15.0 Å². The van der Waals surface area contributed by atoms with Crippen LogP contribution in [0.2, 0.25) is 0 Å². The molecular formula is C15H23N3O2. The van der Waals surface area contributed by atoms with E-state index in [-0.39, 0.29) is 11.8 Å². The quantitative estimate of drug-likeness (QED) is 0.888. The Bertz CT molecular complexity index is 444. The van der Waals surface area contributed by atoms with E-state index in [0.717, 1.165) is 44.1 Å². The molecule has 1 atom stereocenters. The minimum Gasteiger partial charge on any atom is -0.378 e. The average Bonchev–Trinajstić information content (AvgIpc) is 2.53. The van der Waals surface area contributed by atoms with Gasteiger partial charge in [0.25, 0.3) is 0 Å². The summed E-state index contributed by atoms with van der Waals surface area (Å²) in [6.45, 7) is 7.66. The molecule has 2 rings (SSSR count). The van der Waals surface area contributed by atoms with Crippen molar-refractivity contribution in [3.8, 4) is 0 Å². The van der Waals surface area contributed by atoms with E-state index in [1.165, 1.54) is 0 Å². The Hall–Kier alpha value is -1.62. The maximum atomic E-state index is 11.9. The Morgan fingerprint density at radius 2 is 2.25 bits per heavy atom. The summed E-state index contributed by atoms with van der Waals surface area (Å²) in [6, 6.07) is 3.93. The van der Waals surface area contributed by atoms with Gasteiger partial charge in [-0.2, -0.15) is 0 Å². The van der Waals surface area contributed by atoms with E-state index >= 15 is 0 Å². The van der Waals surface area contributed by atoms with Crippen LogP contribution < -0.4 is 10.2 Å². The van der Waals surface area contributed by atoms with Crippen LogP contribution in [-0.2, 0) is 16.1 Å². The summed E-state index contributed by atoms with van der Waals surface area (Å²) >= 11 is 0. The number of hydrogen-bond acceptors (Lipinski definition) is 4. The molecule has 1 aromatic heterocycles. The highest BCUT2D eigenvalue weighted by Gasteiger charge is 2.17. The van der Waals surface area contributed by atoms with E-state index in [0.29, 0.717) is 6.54 Å². The highest BCUT2D eigenvalue weighted by Crippen LogP contribution is 2.18. The van der Waals surface area contributed by atoms with Gasteiger partial charge >= 0.3 is 0 Å². The van der Waals surface area contributed by atoms with Gasteiger partial charge in [-0.25, -0.2) is 4.98 Å². The summed E-state index contributed by atoms with van der Waals surface area (Å²) in [7, 11) is 0. The smallest absolute Gasteiger partial charge is 0.223 e. The number of carbonyl (C=O) groups is 1. The van der Waals surface area contributed by atoms with E-state index in [2.05, 4.69) is 15.2 Å². The van der Waals surface area contributed by atoms with Crippen molar-refractivity contribution in [2.24, 2.45) is 5.92 Å². The molecule has 0 bridgehead atoms. The molecule has 0 aliphatic carbocycles. The van der Waals surface area contributed by atoms with Gasteiger partial charge in [0.15, 0.2) is 0 Å². The van der Waals surface area contributed by atoms with Crippen molar-refractivity contribution >= 4 is 11.7 Å². The molecule has 0 radical (unpaired) electrons. The second kappa shape index (κ2) is 7.24. The minimum absolute atomic E-state index is 0.0542. The van der Waals surface area contributed by atoms with Gasteiger partial charge in [-0.1, -0.05) is 19.9 Å². The predicted molar refractivity (Wildman–Crippen MR) is 78.6 cm³/mol. The number of rotatable bonds is 5. The first-order valence-corrected chi connectivity index (χ1v) is 7.26. The third-order valence-corrected chi connectivity index (χ3v) is 3.69. The molecule has 1 saturated heterocycles. The SMILES string of the molecule is CCC(C)C(=O)NCc1cccnc1N1CCOCC1. The molecule has 1 fully saturated rings. The second-order valence-corrected chi connectivity index (χ2v) is 5.11. The molecule has 20 heavy (non-hydrogen) atoms. The van der Waals surface area contributed by atoms with Gasteiger partial charge in [-0.15, -0.1) is 0 Å². The van der Waals surface area contributed by atoms with Crippen LogP contribution >= 0.6 is 0 Å². The first-order valence-electron chi connectivity index (χ1n) is 7.26. The number of pyridine rings is 1. The van der Waals surface area contributed by atoms with Crippen LogP contribution in [0.5, 0.6) is 0 Å². The van der Waals surface area contributed by atoms with Crippen molar-refractivity contribution in [3.05, 3.63) is 23.9 Å². The standard InChI is InChI=1S/C15H23N3O2/c1-3-12(2)15(19)17-11-13-5-4-6-16-14(13)18-7-9-20-10-8-18/h4-6,12H,3,7-11H2,1-2H3,(H,17,19). The summed E-state index contributed by atoms with van der Waals surface area (Å²) in [4.78, 5) is 18.6. The van der Waals surface area contributed by atoms with Crippen LogP contribution in [0, 0.1) is 5.92 Å². The number of hydrogen-bond donors (Lipinski definition) is 1. The van der Waals surface area contributed by atoms with Crippen molar-refractivity contribution in [2.45, 2.75) is 26.8 Å². The van der Waals surface area contributed by atoms with Crippen LogP contribution in [0.1, 0.15) is 25.8 Å². The zero-order valence-electron chi connectivity index (χ0n) is 12.3. The first-order chi connectivity index (χ1) is 9.72. The molecule has 1 N–H and O–H groups in total. The van der Waals surface area contributed by atoms with Crippen molar-refractivity contribution in [1.29, 1.82) is 0 Å². The van der Waals surface area contributed by atoms with Gasteiger partial charge in [0, 0.05) is 37.3 Å². The number of nitrogens with one attached hydrogen (secondary N) is 1.